The third-order valence-electron chi connectivity index (χ3n) is 11.3. The van der Waals surface area contributed by atoms with E-state index in [2.05, 4.69) is 47.8 Å². The number of hydrogen-bond donors (Lipinski definition) is 4. The fourth-order valence-corrected chi connectivity index (χ4v) is 8.29. The monoisotopic (exact) mass is 739 g/mol. The Balaban J connectivity index is 0.948. The van der Waals surface area contributed by atoms with Crippen molar-refractivity contribution in [2.75, 3.05) is 75.1 Å². The summed E-state index contributed by atoms with van der Waals surface area (Å²) in [5.74, 6) is 0.433. The third-order valence-corrected chi connectivity index (χ3v) is 11.3. The van der Waals surface area contributed by atoms with Crippen LogP contribution in [0.1, 0.15) is 78.7 Å². The number of nitrogens with two attached hydrogens (primary N) is 1. The summed E-state index contributed by atoms with van der Waals surface area (Å²) >= 11 is 0. The van der Waals surface area contributed by atoms with Gasteiger partial charge in [0.25, 0.3) is 5.91 Å². The molecule has 4 aliphatic heterocycles. The van der Waals surface area contributed by atoms with Gasteiger partial charge in [-0.2, -0.15) is 0 Å². The number of nitrogens with one attached hydrogen (secondary N) is 3. The largest absolute Gasteiger partial charge is 0.495 e. The molecule has 0 saturated carbocycles. The maximum atomic E-state index is 12.6. The average Bonchev–Trinajstić information content (AvgIpc) is 3.19. The van der Waals surface area contributed by atoms with Crippen LogP contribution in [-0.4, -0.2) is 109 Å². The second-order valence-corrected chi connectivity index (χ2v) is 14.7. The standard InChI is InChI=1S/C40H53N9O5/c1-3-32-38(42-27-14-22-54-23-15-27)46-39(36(44-32)37(41)51)43-28-8-10-33(34(24-28)53-2)49-16-12-29(13-17-49)48-20-18-47(19-21-48)25-26-6-4-5-7-30(26)31-9-11-35(50)45-40(31)52/h4-8,10,24,27,29,31H,3,9,11-23,25H2,1-2H3,(H2,41,51)(H2,42,43,46)(H,45,50,52). The number of piperazine rings is 1. The average molecular weight is 740 g/mol. The number of methoxy groups -OCH3 is 1. The highest BCUT2D eigenvalue weighted by Gasteiger charge is 2.32. The topological polar surface area (TPSA) is 167 Å². The van der Waals surface area contributed by atoms with Gasteiger partial charge in [0.05, 0.1) is 24.4 Å². The Labute approximate surface area is 317 Å². The Hall–Kier alpha value is -4.79. The van der Waals surface area contributed by atoms with Crippen LogP contribution in [0.15, 0.2) is 42.5 Å². The van der Waals surface area contributed by atoms with Crippen LogP contribution in [0.5, 0.6) is 5.75 Å². The summed E-state index contributed by atoms with van der Waals surface area (Å²) in [7, 11) is 1.68. The van der Waals surface area contributed by atoms with Gasteiger partial charge >= 0.3 is 0 Å². The zero-order valence-corrected chi connectivity index (χ0v) is 31.4. The van der Waals surface area contributed by atoms with E-state index in [9.17, 15) is 14.4 Å². The number of aromatic nitrogens is 2. The van der Waals surface area contributed by atoms with E-state index in [1.165, 1.54) is 5.56 Å². The number of piperidine rings is 2. The molecule has 4 fully saturated rings. The minimum Gasteiger partial charge on any atom is -0.495 e. The molecule has 3 aromatic rings. The summed E-state index contributed by atoms with van der Waals surface area (Å²) in [6.45, 7) is 10.0. The van der Waals surface area contributed by atoms with Crippen LogP contribution in [0.2, 0.25) is 0 Å². The molecule has 5 N–H and O–H groups in total. The van der Waals surface area contributed by atoms with Crippen molar-refractivity contribution < 1.29 is 23.9 Å². The number of aryl methyl sites for hydroxylation is 1. The van der Waals surface area contributed by atoms with E-state index < -0.39 is 5.91 Å². The first-order valence-corrected chi connectivity index (χ1v) is 19.4. The fourth-order valence-electron chi connectivity index (χ4n) is 8.29. The van der Waals surface area contributed by atoms with Crippen molar-refractivity contribution in [3.8, 4) is 5.75 Å². The molecule has 14 heteroatoms. The number of carbonyl (C=O) groups is 3. The second kappa shape index (κ2) is 17.1. The SMILES string of the molecule is CCc1nc(C(N)=O)c(Nc2ccc(N3CCC(N4CCN(Cc5ccccc5C5CCC(=O)NC5=O)CC4)CC3)c(OC)c2)nc1NC1CCOCC1. The zero-order valence-electron chi connectivity index (χ0n) is 31.4. The first kappa shape index (κ1) is 37.5. The highest BCUT2D eigenvalue weighted by Crippen LogP contribution is 2.36. The van der Waals surface area contributed by atoms with E-state index in [4.69, 9.17) is 20.2 Å². The van der Waals surface area contributed by atoms with Crippen LogP contribution in [0.25, 0.3) is 0 Å². The molecule has 288 valence electrons. The molecule has 1 atom stereocenters. The van der Waals surface area contributed by atoms with Crippen LogP contribution in [0.4, 0.5) is 23.0 Å². The zero-order chi connectivity index (χ0) is 37.6. The highest BCUT2D eigenvalue weighted by atomic mass is 16.5. The molecule has 2 aromatic carbocycles. The number of primary amides is 1. The van der Waals surface area contributed by atoms with Gasteiger partial charge in [-0.3, -0.25) is 29.5 Å². The summed E-state index contributed by atoms with van der Waals surface area (Å²) in [4.78, 5) is 53.8. The molecule has 3 amide bonds. The van der Waals surface area contributed by atoms with Crippen molar-refractivity contribution in [2.24, 2.45) is 5.73 Å². The predicted octanol–water partition coefficient (Wildman–Crippen LogP) is 3.79. The first-order chi connectivity index (χ1) is 26.3. The van der Waals surface area contributed by atoms with Gasteiger partial charge in [-0.25, -0.2) is 9.97 Å². The number of anilines is 4. The molecule has 0 spiro atoms. The molecule has 0 radical (unpaired) electrons. The molecule has 1 aromatic heterocycles. The smallest absolute Gasteiger partial charge is 0.271 e. The molecule has 0 aliphatic carbocycles. The Kier molecular flexibility index (Phi) is 11.9. The van der Waals surface area contributed by atoms with E-state index in [1.54, 1.807) is 7.11 Å². The molecule has 1 unspecified atom stereocenters. The lowest BCUT2D eigenvalue weighted by molar-refractivity contribution is -0.134. The third kappa shape index (κ3) is 8.61. The van der Waals surface area contributed by atoms with E-state index in [0.29, 0.717) is 55.8 Å². The van der Waals surface area contributed by atoms with Gasteiger partial charge in [-0.1, -0.05) is 31.2 Å². The van der Waals surface area contributed by atoms with E-state index in [1.807, 2.05) is 37.3 Å². The Morgan fingerprint density at radius 2 is 1.72 bits per heavy atom. The van der Waals surface area contributed by atoms with Crippen molar-refractivity contribution in [1.82, 2.24) is 25.1 Å². The molecule has 14 nitrogen and oxygen atoms in total. The molecule has 5 heterocycles. The Morgan fingerprint density at radius 1 is 0.963 bits per heavy atom. The van der Waals surface area contributed by atoms with Crippen molar-refractivity contribution in [2.45, 2.75) is 76.4 Å². The van der Waals surface area contributed by atoms with Crippen molar-refractivity contribution in [1.29, 1.82) is 0 Å². The number of nitrogens with zero attached hydrogens (tertiary/aromatic N) is 5. The molecular formula is C40H53N9O5. The second-order valence-electron chi connectivity index (χ2n) is 14.7. The lowest BCUT2D eigenvalue weighted by Crippen LogP contribution is -2.53. The molecule has 7 rings (SSSR count). The Bertz CT molecular complexity index is 1820. The normalized spacial score (nSPS) is 20.8. The van der Waals surface area contributed by atoms with Gasteiger partial charge in [0, 0.05) is 89.3 Å². The maximum absolute atomic E-state index is 12.6. The summed E-state index contributed by atoms with van der Waals surface area (Å²) in [6.07, 6.45) is 5.44. The quantitative estimate of drug-likeness (QED) is 0.199. The van der Waals surface area contributed by atoms with E-state index >= 15 is 0 Å². The van der Waals surface area contributed by atoms with Gasteiger partial charge in [0.2, 0.25) is 11.8 Å². The molecule has 54 heavy (non-hydrogen) atoms. The highest BCUT2D eigenvalue weighted by molar-refractivity contribution is 6.01. The predicted molar refractivity (Wildman–Crippen MR) is 207 cm³/mol. The Morgan fingerprint density at radius 3 is 2.43 bits per heavy atom. The van der Waals surface area contributed by atoms with Crippen molar-refractivity contribution in [3.05, 3.63) is 65.0 Å². The minimum absolute atomic E-state index is 0.104. The number of hydrogen-bond acceptors (Lipinski definition) is 12. The fraction of sp³-hybridized carbons (Fsp3) is 0.525. The summed E-state index contributed by atoms with van der Waals surface area (Å²) in [5.41, 5.74) is 10.5. The lowest BCUT2D eigenvalue weighted by atomic mass is 9.87. The van der Waals surface area contributed by atoms with Crippen LogP contribution in [0, 0.1) is 0 Å². The van der Waals surface area contributed by atoms with Crippen LogP contribution in [-0.2, 0) is 27.3 Å². The number of benzene rings is 2. The molecule has 4 saturated heterocycles. The number of carbonyl (C=O) groups excluding carboxylic acids is 3. The van der Waals surface area contributed by atoms with Crippen molar-refractivity contribution >= 4 is 40.7 Å². The van der Waals surface area contributed by atoms with Crippen molar-refractivity contribution in [3.63, 3.8) is 0 Å². The number of amides is 3. The number of ether oxygens (including phenoxy) is 2. The minimum atomic E-state index is -0.639. The van der Waals surface area contributed by atoms with E-state index in [0.717, 1.165) is 94.2 Å². The van der Waals surface area contributed by atoms with Crippen LogP contribution >= 0.6 is 0 Å². The number of rotatable bonds is 12. The molecular weight excluding hydrogens is 686 g/mol. The summed E-state index contributed by atoms with van der Waals surface area (Å²) in [6, 6.07) is 14.9. The molecule has 4 aliphatic rings. The lowest BCUT2D eigenvalue weighted by Gasteiger charge is -2.43. The van der Waals surface area contributed by atoms with Gasteiger partial charge in [-0.15, -0.1) is 0 Å². The summed E-state index contributed by atoms with van der Waals surface area (Å²) in [5, 5.41) is 9.34. The van der Waals surface area contributed by atoms with Crippen LogP contribution < -0.4 is 31.3 Å². The van der Waals surface area contributed by atoms with Gasteiger partial charge < -0.3 is 30.7 Å². The first-order valence-electron chi connectivity index (χ1n) is 19.4. The van der Waals surface area contributed by atoms with Crippen LogP contribution in [0.3, 0.4) is 0 Å². The number of imide groups is 1. The van der Waals surface area contributed by atoms with Gasteiger partial charge in [0.1, 0.15) is 5.75 Å². The summed E-state index contributed by atoms with van der Waals surface area (Å²) < 4.78 is 11.4. The molecule has 0 bridgehead atoms. The van der Waals surface area contributed by atoms with Gasteiger partial charge in [-0.05, 0) is 61.8 Å². The van der Waals surface area contributed by atoms with Gasteiger partial charge in [0.15, 0.2) is 17.3 Å². The maximum Gasteiger partial charge on any atom is 0.271 e. The van der Waals surface area contributed by atoms with E-state index in [-0.39, 0.29) is 29.5 Å².